The minimum atomic E-state index is -1.56. The quantitative estimate of drug-likeness (QED) is 0.392. The Morgan fingerprint density at radius 1 is 1.10 bits per heavy atom. The molecule has 20 heavy (non-hydrogen) atoms. The number of urea groups is 1. The van der Waals surface area contributed by atoms with E-state index in [1.807, 2.05) is 12.2 Å². The van der Waals surface area contributed by atoms with Crippen LogP contribution in [0.5, 0.6) is 0 Å². The fourth-order valence-electron chi connectivity index (χ4n) is 1.24. The van der Waals surface area contributed by atoms with Crippen LogP contribution in [-0.2, 0) is 14.4 Å². The normalized spacial score (nSPS) is 12.9. The second-order valence-electron chi connectivity index (χ2n) is 4.12. The third-order valence-electron chi connectivity index (χ3n) is 2.27. The number of amides is 3. The first-order valence-corrected chi connectivity index (χ1v) is 6.07. The van der Waals surface area contributed by atoms with Gasteiger partial charge in [0.1, 0.15) is 12.1 Å². The lowest BCUT2D eigenvalue weighted by Crippen LogP contribution is -2.52. The van der Waals surface area contributed by atoms with Crippen LogP contribution in [0.4, 0.5) is 4.79 Å². The van der Waals surface area contributed by atoms with E-state index in [0.29, 0.717) is 6.54 Å². The van der Waals surface area contributed by atoms with Gasteiger partial charge in [0.15, 0.2) is 0 Å². The summed E-state index contributed by atoms with van der Waals surface area (Å²) in [5.74, 6) is -3.23. The lowest BCUT2D eigenvalue weighted by molar-refractivity contribution is -0.145. The van der Waals surface area contributed by atoms with Crippen LogP contribution < -0.4 is 16.0 Å². The van der Waals surface area contributed by atoms with Crippen LogP contribution in [0.15, 0.2) is 0 Å². The van der Waals surface area contributed by atoms with Crippen molar-refractivity contribution in [3.63, 3.8) is 0 Å². The van der Waals surface area contributed by atoms with E-state index < -0.39 is 42.4 Å². The topological polar surface area (TPSA) is 145 Å². The van der Waals surface area contributed by atoms with Crippen molar-refractivity contribution in [2.45, 2.75) is 38.8 Å². The van der Waals surface area contributed by atoms with Crippen molar-refractivity contribution >= 4 is 23.9 Å². The van der Waals surface area contributed by atoms with Gasteiger partial charge < -0.3 is 26.2 Å². The van der Waals surface area contributed by atoms with E-state index in [4.69, 9.17) is 10.2 Å². The van der Waals surface area contributed by atoms with Gasteiger partial charge in [-0.3, -0.25) is 9.59 Å². The van der Waals surface area contributed by atoms with Gasteiger partial charge in [-0.05, 0) is 13.3 Å². The molecule has 0 aromatic carbocycles. The Morgan fingerprint density at radius 2 is 1.70 bits per heavy atom. The fraction of sp³-hybridized carbons (Fsp3) is 0.636. The van der Waals surface area contributed by atoms with Gasteiger partial charge in [0, 0.05) is 6.54 Å². The lowest BCUT2D eigenvalue weighted by Gasteiger charge is -2.17. The molecule has 3 amide bonds. The number of nitrogens with one attached hydrogen (secondary N) is 3. The number of carboxylic acid groups (broad SMARTS) is 2. The number of aliphatic carboxylic acids is 2. The second kappa shape index (κ2) is 8.73. The molecule has 0 bridgehead atoms. The van der Waals surface area contributed by atoms with Crippen molar-refractivity contribution < 1.29 is 29.4 Å². The summed E-state index contributed by atoms with van der Waals surface area (Å²) in [6.07, 6.45) is -0.0104. The maximum Gasteiger partial charge on any atom is 0.326 e. The number of hydrogen-bond acceptors (Lipinski definition) is 4. The zero-order valence-corrected chi connectivity index (χ0v) is 11.3. The molecule has 0 saturated carbocycles. The third-order valence-corrected chi connectivity index (χ3v) is 2.27. The molecule has 0 aromatic heterocycles. The van der Waals surface area contributed by atoms with Gasteiger partial charge in [0.25, 0.3) is 0 Å². The maximum absolute atomic E-state index is 11.5. The van der Waals surface area contributed by atoms with Gasteiger partial charge in [-0.1, -0.05) is 6.92 Å². The molecule has 0 saturated heterocycles. The van der Waals surface area contributed by atoms with Crippen molar-refractivity contribution in [2.24, 2.45) is 0 Å². The summed E-state index contributed by atoms with van der Waals surface area (Å²) in [4.78, 5) is 44.1. The Balaban J connectivity index is 4.34. The summed E-state index contributed by atoms with van der Waals surface area (Å²) < 4.78 is 0. The van der Waals surface area contributed by atoms with E-state index in [0.717, 1.165) is 6.42 Å². The smallest absolute Gasteiger partial charge is 0.326 e. The number of carbonyl (C=O) groups excluding carboxylic acids is 2. The summed E-state index contributed by atoms with van der Waals surface area (Å²) in [5, 5.41) is 24.0. The molecule has 0 aromatic rings. The average molecular weight is 289 g/mol. The lowest BCUT2D eigenvalue weighted by atomic mass is 10.2. The minimum Gasteiger partial charge on any atom is -0.481 e. The monoisotopic (exact) mass is 289 g/mol. The predicted molar refractivity (Wildman–Crippen MR) is 68.1 cm³/mol. The van der Waals surface area contributed by atoms with Crippen LogP contribution in [0.1, 0.15) is 26.7 Å². The second-order valence-corrected chi connectivity index (χ2v) is 4.12. The third kappa shape index (κ3) is 7.19. The number of carboxylic acids is 2. The highest BCUT2D eigenvalue weighted by molar-refractivity contribution is 5.89. The highest BCUT2D eigenvalue weighted by Crippen LogP contribution is 1.93. The van der Waals surface area contributed by atoms with E-state index in [1.165, 1.54) is 6.92 Å². The Bertz CT molecular complexity index is 384. The SMILES string of the molecule is CCCNC(=O)C(C)NC(=O)N[C@H](CC(=O)O)C(=O)O. The first-order valence-electron chi connectivity index (χ1n) is 6.07. The molecular weight excluding hydrogens is 270 g/mol. The van der Waals surface area contributed by atoms with Crippen molar-refractivity contribution in [1.82, 2.24) is 16.0 Å². The Morgan fingerprint density at radius 3 is 2.15 bits per heavy atom. The predicted octanol–water partition coefficient (Wildman–Crippen LogP) is -0.872. The minimum absolute atomic E-state index is 0.410. The first-order chi connectivity index (χ1) is 9.27. The number of hydrogen-bond donors (Lipinski definition) is 5. The van der Waals surface area contributed by atoms with Crippen LogP contribution in [0.2, 0.25) is 0 Å². The molecule has 0 aliphatic carbocycles. The molecule has 2 atom stereocenters. The van der Waals surface area contributed by atoms with Gasteiger partial charge in [0.05, 0.1) is 6.42 Å². The molecule has 0 heterocycles. The largest absolute Gasteiger partial charge is 0.481 e. The van der Waals surface area contributed by atoms with Crippen LogP contribution in [0, 0.1) is 0 Å². The highest BCUT2D eigenvalue weighted by Gasteiger charge is 2.24. The van der Waals surface area contributed by atoms with Crippen molar-refractivity contribution in [1.29, 1.82) is 0 Å². The molecule has 0 rings (SSSR count). The average Bonchev–Trinajstić information content (AvgIpc) is 2.34. The summed E-state index contributed by atoms with van der Waals surface area (Å²) in [7, 11) is 0. The van der Waals surface area contributed by atoms with Gasteiger partial charge in [-0.15, -0.1) is 0 Å². The summed E-state index contributed by atoms with van der Waals surface area (Å²) in [5.41, 5.74) is 0. The van der Waals surface area contributed by atoms with Crippen LogP contribution in [0.3, 0.4) is 0 Å². The maximum atomic E-state index is 11.5. The molecule has 9 nitrogen and oxygen atoms in total. The van der Waals surface area contributed by atoms with E-state index >= 15 is 0 Å². The molecule has 9 heteroatoms. The number of carbonyl (C=O) groups is 4. The molecule has 1 unspecified atom stereocenters. The number of rotatable bonds is 8. The Hall–Kier alpha value is -2.32. The van der Waals surface area contributed by atoms with Crippen molar-refractivity contribution in [3.05, 3.63) is 0 Å². The van der Waals surface area contributed by atoms with Crippen molar-refractivity contribution in [3.8, 4) is 0 Å². The molecule has 0 fully saturated rings. The van der Waals surface area contributed by atoms with Crippen LogP contribution in [-0.4, -0.2) is 52.7 Å². The van der Waals surface area contributed by atoms with Gasteiger partial charge in [-0.2, -0.15) is 0 Å². The summed E-state index contributed by atoms with van der Waals surface area (Å²) in [6, 6.07) is -3.34. The van der Waals surface area contributed by atoms with E-state index in [9.17, 15) is 19.2 Å². The fourth-order valence-corrected chi connectivity index (χ4v) is 1.24. The first kappa shape index (κ1) is 17.7. The molecule has 0 radical (unpaired) electrons. The van der Waals surface area contributed by atoms with Gasteiger partial charge in [-0.25, -0.2) is 9.59 Å². The van der Waals surface area contributed by atoms with E-state index in [2.05, 4.69) is 10.6 Å². The molecule has 0 aliphatic rings. The molecule has 0 aliphatic heterocycles. The Labute approximate surface area is 115 Å². The zero-order valence-electron chi connectivity index (χ0n) is 11.3. The van der Waals surface area contributed by atoms with E-state index in [1.54, 1.807) is 0 Å². The summed E-state index contributed by atoms with van der Waals surface area (Å²) >= 11 is 0. The van der Waals surface area contributed by atoms with E-state index in [-0.39, 0.29) is 0 Å². The van der Waals surface area contributed by atoms with Crippen LogP contribution >= 0.6 is 0 Å². The highest BCUT2D eigenvalue weighted by atomic mass is 16.4. The van der Waals surface area contributed by atoms with Gasteiger partial charge in [0.2, 0.25) is 5.91 Å². The molecule has 114 valence electrons. The molecular formula is C11H19N3O6. The molecule has 0 spiro atoms. The van der Waals surface area contributed by atoms with Gasteiger partial charge >= 0.3 is 18.0 Å². The Kier molecular flexibility index (Phi) is 7.71. The van der Waals surface area contributed by atoms with Crippen LogP contribution in [0.25, 0.3) is 0 Å². The molecule has 5 N–H and O–H groups in total. The van der Waals surface area contributed by atoms with Crippen molar-refractivity contribution in [2.75, 3.05) is 6.54 Å². The standard InChI is InChI=1S/C11H19N3O6/c1-3-4-12-9(17)6(2)13-11(20)14-7(10(18)19)5-8(15)16/h6-7H,3-5H2,1-2H3,(H,12,17)(H,15,16)(H,18,19)(H2,13,14,20)/t6?,7-/m1/s1. The zero-order chi connectivity index (χ0) is 15.7. The summed E-state index contributed by atoms with van der Waals surface area (Å²) in [6.45, 7) is 3.76.